The lowest BCUT2D eigenvalue weighted by molar-refractivity contribution is 0.414. The molecule has 0 N–H and O–H groups in total. The topological polar surface area (TPSA) is 18.5 Å². The Hall–Kier alpha value is -1.49. The van der Waals surface area contributed by atoms with Gasteiger partial charge in [-0.05, 0) is 42.2 Å². The van der Waals surface area contributed by atoms with Gasteiger partial charge in [0, 0.05) is 11.1 Å². The number of methoxy groups -OCH3 is 1. The van der Waals surface area contributed by atoms with Crippen LogP contribution in [-0.4, -0.2) is 7.11 Å². The summed E-state index contributed by atoms with van der Waals surface area (Å²) < 4.78 is 11.0. The average molecular weight is 378 g/mol. The third-order valence-corrected chi connectivity index (χ3v) is 4.12. The number of hydrogen-bond acceptors (Lipinski definition) is 2. The Labute approximate surface area is 133 Å². The van der Waals surface area contributed by atoms with Gasteiger partial charge in [0.05, 0.1) is 7.11 Å². The summed E-state index contributed by atoms with van der Waals surface area (Å²) in [5.74, 6) is 1.88. The van der Waals surface area contributed by atoms with Gasteiger partial charge in [0.2, 0.25) is 0 Å². The van der Waals surface area contributed by atoms with Gasteiger partial charge in [-0.3, -0.25) is 0 Å². The fourth-order valence-electron chi connectivity index (χ4n) is 2.66. The highest BCUT2D eigenvalue weighted by Gasteiger charge is 2.21. The van der Waals surface area contributed by atoms with E-state index in [0.29, 0.717) is 0 Å². The van der Waals surface area contributed by atoms with Crippen LogP contribution in [0.2, 0.25) is 0 Å². The molecule has 3 rings (SSSR count). The van der Waals surface area contributed by atoms with Crippen LogP contribution in [0.5, 0.6) is 5.75 Å². The molecular formula is C17H15IO2. The summed E-state index contributed by atoms with van der Waals surface area (Å²) in [7, 11) is 1.70. The van der Waals surface area contributed by atoms with Crippen molar-refractivity contribution in [3.8, 4) is 5.75 Å². The molecule has 1 aliphatic rings. The van der Waals surface area contributed by atoms with Gasteiger partial charge < -0.3 is 7.80 Å². The first-order valence-electron chi connectivity index (χ1n) is 6.58. The summed E-state index contributed by atoms with van der Waals surface area (Å²) in [6, 6.07) is 16.6. The smallest absolute Gasteiger partial charge is 0.192 e. The van der Waals surface area contributed by atoms with Gasteiger partial charge in [0.1, 0.15) is 11.5 Å². The highest BCUT2D eigenvalue weighted by molar-refractivity contribution is 14.1. The number of hydrogen-bond donors (Lipinski definition) is 0. The van der Waals surface area contributed by atoms with E-state index in [1.165, 1.54) is 22.3 Å². The molecule has 0 unspecified atom stereocenters. The fraction of sp³-hybridized carbons (Fsp3) is 0.176. The molecule has 0 fully saturated rings. The second-order valence-electron chi connectivity index (χ2n) is 4.77. The molecule has 20 heavy (non-hydrogen) atoms. The normalized spacial score (nSPS) is 13.9. The summed E-state index contributed by atoms with van der Waals surface area (Å²) >= 11 is 1.97. The zero-order chi connectivity index (χ0) is 13.9. The van der Waals surface area contributed by atoms with Crippen molar-refractivity contribution in [3.05, 3.63) is 65.2 Å². The van der Waals surface area contributed by atoms with Crippen LogP contribution in [0.15, 0.2) is 48.5 Å². The molecular weight excluding hydrogens is 363 g/mol. The molecule has 1 aliphatic carbocycles. The number of halogens is 1. The van der Waals surface area contributed by atoms with Crippen LogP contribution in [0, 0.1) is 0 Å². The molecule has 0 saturated carbocycles. The van der Waals surface area contributed by atoms with Crippen molar-refractivity contribution in [1.82, 2.24) is 0 Å². The SMILES string of the molecule is COc1ccc2c(c1)CCC(c1ccccc1)=C2OI. The van der Waals surface area contributed by atoms with Crippen LogP contribution in [0.25, 0.3) is 11.3 Å². The van der Waals surface area contributed by atoms with Crippen molar-refractivity contribution in [1.29, 1.82) is 0 Å². The standard InChI is InChI=1S/C17H15IO2/c1-19-14-8-10-16-13(11-14)7-9-15(17(16)20-18)12-5-3-2-4-6-12/h2-6,8,10-11H,7,9H2,1H3. The quantitative estimate of drug-likeness (QED) is 0.709. The van der Waals surface area contributed by atoms with Gasteiger partial charge in [0.15, 0.2) is 23.0 Å². The molecule has 0 aromatic heterocycles. The van der Waals surface area contributed by atoms with E-state index in [0.717, 1.165) is 24.4 Å². The van der Waals surface area contributed by atoms with E-state index in [9.17, 15) is 0 Å². The van der Waals surface area contributed by atoms with Crippen molar-refractivity contribution in [2.24, 2.45) is 0 Å². The summed E-state index contributed by atoms with van der Waals surface area (Å²) in [6.45, 7) is 0. The van der Waals surface area contributed by atoms with E-state index in [2.05, 4.69) is 36.4 Å². The fourth-order valence-corrected chi connectivity index (χ4v) is 3.17. The third kappa shape index (κ3) is 2.42. The zero-order valence-electron chi connectivity index (χ0n) is 11.2. The van der Waals surface area contributed by atoms with Gasteiger partial charge in [0.25, 0.3) is 0 Å². The number of benzene rings is 2. The Balaban J connectivity index is 2.12. The Morgan fingerprint density at radius 2 is 1.80 bits per heavy atom. The molecule has 2 nitrogen and oxygen atoms in total. The van der Waals surface area contributed by atoms with Crippen molar-refractivity contribution in [3.63, 3.8) is 0 Å². The van der Waals surface area contributed by atoms with Crippen LogP contribution < -0.4 is 4.74 Å². The van der Waals surface area contributed by atoms with Crippen LogP contribution in [0.4, 0.5) is 0 Å². The first kappa shape index (κ1) is 13.5. The minimum Gasteiger partial charge on any atom is -0.497 e. The Kier molecular flexibility index (Phi) is 3.96. The largest absolute Gasteiger partial charge is 0.497 e. The van der Waals surface area contributed by atoms with Crippen molar-refractivity contribution < 1.29 is 7.80 Å². The first-order valence-corrected chi connectivity index (χ1v) is 7.46. The lowest BCUT2D eigenvalue weighted by Gasteiger charge is -2.22. The number of ether oxygens (including phenoxy) is 1. The number of rotatable bonds is 3. The van der Waals surface area contributed by atoms with E-state index in [1.54, 1.807) is 7.11 Å². The molecule has 0 spiro atoms. The molecule has 0 bridgehead atoms. The third-order valence-electron chi connectivity index (χ3n) is 3.67. The molecule has 0 atom stereocenters. The summed E-state index contributed by atoms with van der Waals surface area (Å²) in [4.78, 5) is 0. The van der Waals surface area contributed by atoms with Crippen LogP contribution in [0.1, 0.15) is 23.1 Å². The molecule has 0 aliphatic heterocycles. The molecule has 0 radical (unpaired) electrons. The predicted octanol–water partition coefficient (Wildman–Crippen LogP) is 4.88. The van der Waals surface area contributed by atoms with E-state index < -0.39 is 0 Å². The van der Waals surface area contributed by atoms with Crippen molar-refractivity contribution >= 4 is 34.3 Å². The molecule has 3 heteroatoms. The maximum Gasteiger partial charge on any atom is 0.192 e. The molecule has 0 heterocycles. The highest BCUT2D eigenvalue weighted by Crippen LogP contribution is 2.39. The van der Waals surface area contributed by atoms with Crippen LogP contribution in [-0.2, 0) is 9.49 Å². The van der Waals surface area contributed by atoms with Gasteiger partial charge in [-0.1, -0.05) is 30.3 Å². The molecule has 0 amide bonds. The lowest BCUT2D eigenvalue weighted by atomic mass is 9.87. The minimum absolute atomic E-state index is 0.903. The van der Waals surface area contributed by atoms with Gasteiger partial charge in [-0.15, -0.1) is 0 Å². The zero-order valence-corrected chi connectivity index (χ0v) is 13.4. The summed E-state index contributed by atoms with van der Waals surface area (Å²) in [5.41, 5.74) is 4.97. The van der Waals surface area contributed by atoms with Gasteiger partial charge in [-0.25, -0.2) is 0 Å². The molecule has 102 valence electrons. The molecule has 2 aromatic rings. The number of allylic oxidation sites excluding steroid dienone is 1. The number of fused-ring (bicyclic) bond motifs is 1. The van der Waals surface area contributed by atoms with E-state index >= 15 is 0 Å². The van der Waals surface area contributed by atoms with E-state index in [-0.39, 0.29) is 0 Å². The van der Waals surface area contributed by atoms with Crippen LogP contribution >= 0.6 is 23.0 Å². The summed E-state index contributed by atoms with van der Waals surface area (Å²) in [6.07, 6.45) is 2.00. The second-order valence-corrected chi connectivity index (χ2v) is 5.21. The van der Waals surface area contributed by atoms with Crippen molar-refractivity contribution in [2.75, 3.05) is 7.11 Å². The monoisotopic (exact) mass is 378 g/mol. The van der Waals surface area contributed by atoms with Crippen molar-refractivity contribution in [2.45, 2.75) is 12.8 Å². The lowest BCUT2D eigenvalue weighted by Crippen LogP contribution is -2.05. The average Bonchev–Trinajstić information content (AvgIpc) is 2.53. The Morgan fingerprint density at radius 3 is 2.50 bits per heavy atom. The maximum absolute atomic E-state index is 5.67. The molecule has 2 aromatic carbocycles. The first-order chi connectivity index (χ1) is 9.83. The maximum atomic E-state index is 5.67. The predicted molar refractivity (Wildman–Crippen MR) is 89.7 cm³/mol. The highest BCUT2D eigenvalue weighted by atomic mass is 127. The molecule has 0 saturated heterocycles. The Bertz CT molecular complexity index is 647. The van der Waals surface area contributed by atoms with Gasteiger partial charge in [-0.2, -0.15) is 0 Å². The number of aryl methyl sites for hydroxylation is 1. The van der Waals surface area contributed by atoms with Crippen LogP contribution in [0.3, 0.4) is 0 Å². The summed E-state index contributed by atoms with van der Waals surface area (Å²) in [5, 5.41) is 0. The van der Waals surface area contributed by atoms with Gasteiger partial charge >= 0.3 is 0 Å². The minimum atomic E-state index is 0.903. The second kappa shape index (κ2) is 5.87. The van der Waals surface area contributed by atoms with E-state index in [4.69, 9.17) is 7.80 Å². The Morgan fingerprint density at radius 1 is 1.00 bits per heavy atom. The van der Waals surface area contributed by atoms with E-state index in [1.807, 2.05) is 35.1 Å².